The third kappa shape index (κ3) is 4.46. The van der Waals surface area contributed by atoms with E-state index >= 15 is 0 Å². The molecule has 0 bridgehead atoms. The molecule has 3 aromatic carbocycles. The molecule has 2 heterocycles. The summed E-state index contributed by atoms with van der Waals surface area (Å²) in [6, 6.07) is 17.1. The molecule has 1 amide bonds. The van der Waals surface area contributed by atoms with Crippen LogP contribution in [0.25, 0.3) is 5.76 Å². The number of aryl methyl sites for hydroxylation is 1. The lowest BCUT2D eigenvalue weighted by Crippen LogP contribution is -2.30. The van der Waals surface area contributed by atoms with E-state index in [0.717, 1.165) is 11.1 Å². The molecule has 6 nitrogen and oxygen atoms in total. The molecule has 1 saturated heterocycles. The Kier molecular flexibility index (Phi) is 6.24. The van der Waals surface area contributed by atoms with Crippen LogP contribution in [0.5, 0.6) is 11.5 Å². The van der Waals surface area contributed by atoms with Gasteiger partial charge in [-0.3, -0.25) is 14.5 Å². The highest BCUT2D eigenvalue weighted by Gasteiger charge is 2.47. The Labute approximate surface area is 221 Å². The number of carbonyl (C=O) groups is 2. The summed E-state index contributed by atoms with van der Waals surface area (Å²) in [4.78, 5) is 28.4. The van der Waals surface area contributed by atoms with E-state index in [9.17, 15) is 14.7 Å². The topological polar surface area (TPSA) is 76.1 Å². The normalized spacial score (nSPS) is 18.8. The van der Waals surface area contributed by atoms with Crippen molar-refractivity contribution in [3.63, 3.8) is 0 Å². The zero-order valence-electron chi connectivity index (χ0n) is 21.2. The number of anilines is 1. The number of ketones is 1. The monoisotopic (exact) mass is 517 g/mol. The molecule has 1 atom stereocenters. The molecule has 5 rings (SSSR count). The lowest BCUT2D eigenvalue weighted by molar-refractivity contribution is -0.132. The SMILES string of the molecule is Cc1ccc(Cl)cc1N1C(=O)C(=O)/C(=C(\O)c2ccc3c(c2)OCCO3)C1c1ccc(C(C)(C)C)cc1. The van der Waals surface area contributed by atoms with E-state index in [4.69, 9.17) is 21.1 Å². The van der Waals surface area contributed by atoms with Gasteiger partial charge in [0.25, 0.3) is 11.7 Å². The molecule has 0 aromatic heterocycles. The number of hydrogen-bond donors (Lipinski definition) is 1. The molecule has 1 unspecified atom stereocenters. The smallest absolute Gasteiger partial charge is 0.300 e. The van der Waals surface area contributed by atoms with Gasteiger partial charge in [-0.25, -0.2) is 0 Å². The summed E-state index contributed by atoms with van der Waals surface area (Å²) in [6.07, 6.45) is 0. The van der Waals surface area contributed by atoms with Crippen molar-refractivity contribution in [2.75, 3.05) is 18.1 Å². The highest BCUT2D eigenvalue weighted by Crippen LogP contribution is 2.44. The number of benzene rings is 3. The van der Waals surface area contributed by atoms with Crippen molar-refractivity contribution >= 4 is 34.7 Å². The number of hydrogen-bond acceptors (Lipinski definition) is 5. The summed E-state index contributed by atoms with van der Waals surface area (Å²) in [6.45, 7) is 9.02. The molecule has 190 valence electrons. The number of aliphatic hydroxyl groups excluding tert-OH is 1. The summed E-state index contributed by atoms with van der Waals surface area (Å²) >= 11 is 6.30. The van der Waals surface area contributed by atoms with Gasteiger partial charge in [-0.15, -0.1) is 0 Å². The highest BCUT2D eigenvalue weighted by molar-refractivity contribution is 6.52. The lowest BCUT2D eigenvalue weighted by Gasteiger charge is -2.28. The molecular formula is C30H28ClNO5. The average Bonchev–Trinajstić information content (AvgIpc) is 3.14. The van der Waals surface area contributed by atoms with Crippen molar-refractivity contribution in [3.8, 4) is 11.5 Å². The predicted octanol–water partition coefficient (Wildman–Crippen LogP) is 6.34. The van der Waals surface area contributed by atoms with Crippen LogP contribution in [0.2, 0.25) is 5.02 Å². The number of carbonyl (C=O) groups excluding carboxylic acids is 2. The number of nitrogens with zero attached hydrogens (tertiary/aromatic N) is 1. The van der Waals surface area contributed by atoms with Gasteiger partial charge >= 0.3 is 0 Å². The Balaban J connectivity index is 1.71. The fourth-order valence-corrected chi connectivity index (χ4v) is 4.92. The van der Waals surface area contributed by atoms with E-state index in [1.165, 1.54) is 4.90 Å². The summed E-state index contributed by atoms with van der Waals surface area (Å²) in [5.41, 5.74) is 3.40. The maximum absolute atomic E-state index is 13.5. The van der Waals surface area contributed by atoms with Crippen molar-refractivity contribution < 1.29 is 24.2 Å². The van der Waals surface area contributed by atoms with Gasteiger partial charge in [0.15, 0.2) is 11.5 Å². The van der Waals surface area contributed by atoms with Gasteiger partial charge in [0.1, 0.15) is 19.0 Å². The van der Waals surface area contributed by atoms with Gasteiger partial charge in [-0.2, -0.15) is 0 Å². The van der Waals surface area contributed by atoms with Crippen molar-refractivity contribution in [1.82, 2.24) is 0 Å². The molecule has 0 spiro atoms. The van der Waals surface area contributed by atoms with Crippen LogP contribution in [0, 0.1) is 6.92 Å². The Morgan fingerprint density at radius 3 is 2.30 bits per heavy atom. The predicted molar refractivity (Wildman–Crippen MR) is 144 cm³/mol. The van der Waals surface area contributed by atoms with Crippen LogP contribution in [0.4, 0.5) is 5.69 Å². The van der Waals surface area contributed by atoms with Gasteiger partial charge < -0.3 is 14.6 Å². The fourth-order valence-electron chi connectivity index (χ4n) is 4.75. The fraction of sp³-hybridized carbons (Fsp3) is 0.267. The first-order chi connectivity index (χ1) is 17.6. The van der Waals surface area contributed by atoms with E-state index in [-0.39, 0.29) is 16.7 Å². The molecule has 0 radical (unpaired) electrons. The third-order valence-corrected chi connectivity index (χ3v) is 7.02. The Hall–Kier alpha value is -3.77. The zero-order chi connectivity index (χ0) is 26.5. The first-order valence-corrected chi connectivity index (χ1v) is 12.5. The molecule has 2 aliphatic heterocycles. The maximum atomic E-state index is 13.5. The number of rotatable bonds is 3. The Morgan fingerprint density at radius 1 is 0.946 bits per heavy atom. The standard InChI is InChI=1S/C30H28ClNO5/c1-17-5-11-21(31)16-22(17)32-26(18-6-9-20(10-7-18)30(2,3)4)25(28(34)29(32)35)27(33)19-8-12-23-24(15-19)37-14-13-36-23/h5-12,15-16,26,33H,13-14H2,1-4H3/b27-25-. The first-order valence-electron chi connectivity index (χ1n) is 12.1. The molecule has 3 aromatic rings. The number of amides is 1. The van der Waals surface area contributed by atoms with Gasteiger partial charge in [0, 0.05) is 16.3 Å². The molecule has 1 fully saturated rings. The number of fused-ring (bicyclic) bond motifs is 1. The van der Waals surface area contributed by atoms with Gasteiger partial charge in [-0.1, -0.05) is 62.7 Å². The number of aliphatic hydroxyl groups is 1. The lowest BCUT2D eigenvalue weighted by atomic mass is 9.85. The quantitative estimate of drug-likeness (QED) is 0.249. The molecule has 0 aliphatic carbocycles. The largest absolute Gasteiger partial charge is 0.507 e. The number of halogens is 1. The molecule has 0 saturated carbocycles. The van der Waals surface area contributed by atoms with Crippen molar-refractivity contribution in [2.45, 2.75) is 39.2 Å². The van der Waals surface area contributed by atoms with Crippen LogP contribution in [0.1, 0.15) is 49.1 Å². The van der Waals surface area contributed by atoms with E-state index < -0.39 is 17.7 Å². The molecular weight excluding hydrogens is 490 g/mol. The van der Waals surface area contributed by atoms with Crippen LogP contribution in [0.15, 0.2) is 66.2 Å². The number of Topliss-reactive ketones (excluding diaryl/α,β-unsaturated/α-hetero) is 1. The second kappa shape index (κ2) is 9.27. The maximum Gasteiger partial charge on any atom is 0.300 e. The summed E-state index contributed by atoms with van der Waals surface area (Å²) in [5, 5.41) is 11.9. The minimum absolute atomic E-state index is 0.00422. The van der Waals surface area contributed by atoms with Crippen LogP contribution in [-0.4, -0.2) is 30.0 Å². The molecule has 37 heavy (non-hydrogen) atoms. The second-order valence-electron chi connectivity index (χ2n) is 10.3. The third-order valence-electron chi connectivity index (χ3n) is 6.78. The van der Waals surface area contributed by atoms with Crippen LogP contribution >= 0.6 is 11.6 Å². The van der Waals surface area contributed by atoms with Crippen LogP contribution in [-0.2, 0) is 15.0 Å². The van der Waals surface area contributed by atoms with E-state index in [2.05, 4.69) is 20.8 Å². The summed E-state index contributed by atoms with van der Waals surface area (Å²) in [7, 11) is 0. The van der Waals surface area contributed by atoms with Gasteiger partial charge in [-0.05, 0) is 59.4 Å². The van der Waals surface area contributed by atoms with Crippen LogP contribution < -0.4 is 14.4 Å². The first kappa shape index (κ1) is 24.9. The minimum Gasteiger partial charge on any atom is -0.507 e. The minimum atomic E-state index is -0.848. The zero-order valence-corrected chi connectivity index (χ0v) is 21.9. The van der Waals surface area contributed by atoms with E-state index in [1.54, 1.807) is 36.4 Å². The Morgan fingerprint density at radius 2 is 1.62 bits per heavy atom. The van der Waals surface area contributed by atoms with Gasteiger partial charge in [0.2, 0.25) is 0 Å². The highest BCUT2D eigenvalue weighted by atomic mass is 35.5. The van der Waals surface area contributed by atoms with Crippen molar-refractivity contribution in [3.05, 3.63) is 93.5 Å². The van der Waals surface area contributed by atoms with E-state index in [0.29, 0.717) is 46.5 Å². The summed E-state index contributed by atoms with van der Waals surface area (Å²) < 4.78 is 11.3. The molecule has 2 aliphatic rings. The second-order valence-corrected chi connectivity index (χ2v) is 10.8. The average molecular weight is 518 g/mol. The molecule has 7 heteroatoms. The molecule has 1 N–H and O–H groups in total. The van der Waals surface area contributed by atoms with Gasteiger partial charge in [0.05, 0.1) is 11.6 Å². The van der Waals surface area contributed by atoms with Crippen molar-refractivity contribution in [2.24, 2.45) is 0 Å². The Bertz CT molecular complexity index is 1440. The number of ether oxygens (including phenoxy) is 2. The van der Waals surface area contributed by atoms with Crippen LogP contribution in [0.3, 0.4) is 0 Å². The summed E-state index contributed by atoms with van der Waals surface area (Å²) in [5.74, 6) is -0.734. The van der Waals surface area contributed by atoms with E-state index in [1.807, 2.05) is 31.2 Å². The van der Waals surface area contributed by atoms with Crippen molar-refractivity contribution in [1.29, 1.82) is 0 Å².